The van der Waals surface area contributed by atoms with Gasteiger partial charge in [-0.3, -0.25) is 14.5 Å². The van der Waals surface area contributed by atoms with E-state index in [0.717, 1.165) is 38.5 Å². The van der Waals surface area contributed by atoms with Gasteiger partial charge in [0.25, 0.3) is 11.8 Å². The third kappa shape index (κ3) is 4.98. The zero-order chi connectivity index (χ0) is 21.4. The Morgan fingerprint density at radius 3 is 2.24 bits per heavy atom. The number of hydrogen-bond acceptors (Lipinski definition) is 3. The Bertz CT molecular complexity index is 817. The highest BCUT2D eigenvalue weighted by atomic mass is 16.2. The first-order chi connectivity index (χ1) is 13.5. The van der Waals surface area contributed by atoms with Gasteiger partial charge in [0.15, 0.2) is 0 Å². The summed E-state index contributed by atoms with van der Waals surface area (Å²) >= 11 is 0. The molecule has 6 nitrogen and oxygen atoms in total. The molecule has 29 heavy (non-hydrogen) atoms. The van der Waals surface area contributed by atoms with Crippen molar-refractivity contribution in [1.82, 2.24) is 10.2 Å². The molecule has 1 saturated carbocycles. The van der Waals surface area contributed by atoms with Crippen LogP contribution in [0.1, 0.15) is 93.9 Å². The molecule has 0 radical (unpaired) electrons. The maximum atomic E-state index is 12.9. The van der Waals surface area contributed by atoms with E-state index in [1.54, 1.807) is 18.2 Å². The Morgan fingerprint density at radius 1 is 1.00 bits per heavy atom. The molecule has 1 aliphatic heterocycles. The number of fused-ring (bicyclic) bond motifs is 1. The monoisotopic (exact) mass is 399 g/mol. The summed E-state index contributed by atoms with van der Waals surface area (Å²) in [7, 11) is 0. The van der Waals surface area contributed by atoms with Gasteiger partial charge >= 0.3 is 6.03 Å². The number of anilines is 1. The number of benzene rings is 1. The predicted molar refractivity (Wildman–Crippen MR) is 114 cm³/mol. The molecular weight excluding hydrogens is 366 g/mol. The minimum Gasteiger partial charge on any atom is -0.333 e. The average molecular weight is 400 g/mol. The van der Waals surface area contributed by atoms with Crippen LogP contribution in [0.5, 0.6) is 0 Å². The average Bonchev–Trinajstić information content (AvgIpc) is 2.83. The van der Waals surface area contributed by atoms with E-state index in [9.17, 15) is 14.4 Å². The van der Waals surface area contributed by atoms with Crippen molar-refractivity contribution < 1.29 is 14.4 Å². The quantitative estimate of drug-likeness (QED) is 0.703. The fourth-order valence-electron chi connectivity index (χ4n) is 4.85. The Morgan fingerprint density at radius 2 is 1.62 bits per heavy atom. The standard InChI is InChI=1S/C23H33N3O3/c1-22(2,3)14-23(4,5)25-21(29)24-15-11-12-17-18(13-15)20(28)26(19(17)27)16-9-7-6-8-10-16/h11-13,16H,6-10,14H2,1-5H3,(H2,24,25,29). The van der Waals surface area contributed by atoms with Gasteiger partial charge in [0.2, 0.25) is 0 Å². The summed E-state index contributed by atoms with van der Waals surface area (Å²) in [5, 5.41) is 5.81. The molecule has 2 aliphatic rings. The summed E-state index contributed by atoms with van der Waals surface area (Å²) in [6, 6.07) is 4.63. The lowest BCUT2D eigenvalue weighted by atomic mass is 9.82. The number of nitrogens with one attached hydrogen (secondary N) is 2. The van der Waals surface area contributed by atoms with Crippen LogP contribution in [-0.4, -0.2) is 34.3 Å². The highest BCUT2D eigenvalue weighted by molar-refractivity contribution is 6.22. The Labute approximate surface area is 173 Å². The van der Waals surface area contributed by atoms with Crippen molar-refractivity contribution in [3.8, 4) is 0 Å². The third-order valence-corrected chi connectivity index (χ3v) is 5.54. The number of hydrogen-bond donors (Lipinski definition) is 2. The molecule has 3 rings (SSSR count). The summed E-state index contributed by atoms with van der Waals surface area (Å²) < 4.78 is 0. The van der Waals surface area contributed by atoms with Crippen LogP contribution >= 0.6 is 0 Å². The van der Waals surface area contributed by atoms with E-state index in [1.807, 2.05) is 13.8 Å². The molecule has 0 saturated heterocycles. The maximum absolute atomic E-state index is 12.9. The molecule has 4 amide bonds. The molecule has 0 atom stereocenters. The van der Waals surface area contributed by atoms with Crippen molar-refractivity contribution >= 4 is 23.5 Å². The molecule has 0 bridgehead atoms. The first kappa shape index (κ1) is 21.3. The first-order valence-electron chi connectivity index (χ1n) is 10.6. The van der Waals surface area contributed by atoms with Crippen LogP contribution in [0, 0.1) is 5.41 Å². The van der Waals surface area contributed by atoms with Gasteiger partial charge in [-0.2, -0.15) is 0 Å². The lowest BCUT2D eigenvalue weighted by molar-refractivity contribution is 0.0549. The summed E-state index contributed by atoms with van der Waals surface area (Å²) in [6.45, 7) is 10.4. The molecular formula is C23H33N3O3. The van der Waals surface area contributed by atoms with E-state index in [1.165, 1.54) is 4.90 Å². The molecule has 1 aliphatic carbocycles. The number of rotatable bonds is 4. The Kier molecular flexibility index (Phi) is 5.74. The smallest absolute Gasteiger partial charge is 0.319 e. The minimum absolute atomic E-state index is 0.00550. The number of imide groups is 1. The van der Waals surface area contributed by atoms with Crippen LogP contribution in [0.25, 0.3) is 0 Å². The molecule has 0 aromatic heterocycles. The van der Waals surface area contributed by atoms with E-state index in [-0.39, 0.29) is 34.8 Å². The molecule has 1 fully saturated rings. The van der Waals surface area contributed by atoms with Gasteiger partial charge in [0, 0.05) is 17.3 Å². The van der Waals surface area contributed by atoms with E-state index >= 15 is 0 Å². The number of amides is 4. The number of urea groups is 1. The van der Waals surface area contributed by atoms with Gasteiger partial charge in [0.1, 0.15) is 0 Å². The number of carbonyl (C=O) groups is 3. The molecule has 158 valence electrons. The van der Waals surface area contributed by atoms with Gasteiger partial charge < -0.3 is 10.6 Å². The third-order valence-electron chi connectivity index (χ3n) is 5.54. The second kappa shape index (κ2) is 7.81. The van der Waals surface area contributed by atoms with Gasteiger partial charge in [-0.05, 0) is 56.7 Å². The maximum Gasteiger partial charge on any atom is 0.319 e. The Balaban J connectivity index is 1.70. The lowest BCUT2D eigenvalue weighted by Crippen LogP contribution is -2.47. The largest absolute Gasteiger partial charge is 0.333 e. The molecule has 1 heterocycles. The van der Waals surface area contributed by atoms with Crippen molar-refractivity contribution in [2.75, 3.05) is 5.32 Å². The highest BCUT2D eigenvalue weighted by Gasteiger charge is 2.40. The van der Waals surface area contributed by atoms with E-state index in [2.05, 4.69) is 31.4 Å². The summed E-state index contributed by atoms with van der Waals surface area (Å²) in [6.07, 6.45) is 5.84. The van der Waals surface area contributed by atoms with Crippen molar-refractivity contribution in [3.05, 3.63) is 29.3 Å². The molecule has 1 aromatic carbocycles. The zero-order valence-corrected chi connectivity index (χ0v) is 18.2. The SMILES string of the molecule is CC(C)(C)CC(C)(C)NC(=O)Nc1ccc2c(c1)C(=O)N(C1CCCCC1)C2=O. The van der Waals surface area contributed by atoms with Crippen molar-refractivity contribution in [2.24, 2.45) is 5.41 Å². The molecule has 1 aromatic rings. The van der Waals surface area contributed by atoms with E-state index in [0.29, 0.717) is 16.8 Å². The van der Waals surface area contributed by atoms with Crippen LogP contribution in [0.3, 0.4) is 0 Å². The number of carbonyl (C=O) groups excluding carboxylic acids is 3. The number of nitrogens with zero attached hydrogens (tertiary/aromatic N) is 1. The molecule has 0 unspecified atom stereocenters. The lowest BCUT2D eigenvalue weighted by Gasteiger charge is -2.33. The topological polar surface area (TPSA) is 78.5 Å². The van der Waals surface area contributed by atoms with Crippen molar-refractivity contribution in [3.63, 3.8) is 0 Å². The molecule has 6 heteroatoms. The molecule has 0 spiro atoms. The summed E-state index contributed by atoms with van der Waals surface area (Å²) in [5.74, 6) is -0.451. The van der Waals surface area contributed by atoms with Crippen LogP contribution in [0.4, 0.5) is 10.5 Å². The molecule has 2 N–H and O–H groups in total. The predicted octanol–water partition coefficient (Wildman–Crippen LogP) is 4.95. The fraction of sp³-hybridized carbons (Fsp3) is 0.609. The normalized spacial score (nSPS) is 18.0. The van der Waals surface area contributed by atoms with Crippen LogP contribution < -0.4 is 10.6 Å². The Hall–Kier alpha value is -2.37. The second-order valence-electron chi connectivity index (χ2n) is 10.2. The summed E-state index contributed by atoms with van der Waals surface area (Å²) in [5.41, 5.74) is 1.04. The van der Waals surface area contributed by atoms with E-state index in [4.69, 9.17) is 0 Å². The highest BCUT2D eigenvalue weighted by Crippen LogP contribution is 2.32. The summed E-state index contributed by atoms with van der Waals surface area (Å²) in [4.78, 5) is 39.6. The fourth-order valence-corrected chi connectivity index (χ4v) is 4.85. The van der Waals surface area contributed by atoms with Crippen LogP contribution in [0.2, 0.25) is 0 Å². The minimum atomic E-state index is -0.372. The first-order valence-corrected chi connectivity index (χ1v) is 10.6. The van der Waals surface area contributed by atoms with Gasteiger partial charge in [0.05, 0.1) is 11.1 Å². The van der Waals surface area contributed by atoms with Gasteiger partial charge in [-0.1, -0.05) is 40.0 Å². The second-order valence-corrected chi connectivity index (χ2v) is 10.2. The van der Waals surface area contributed by atoms with Gasteiger partial charge in [-0.15, -0.1) is 0 Å². The van der Waals surface area contributed by atoms with Crippen molar-refractivity contribution in [1.29, 1.82) is 0 Å². The van der Waals surface area contributed by atoms with Gasteiger partial charge in [-0.25, -0.2) is 4.79 Å². The van der Waals surface area contributed by atoms with Crippen LogP contribution in [-0.2, 0) is 0 Å². The van der Waals surface area contributed by atoms with Crippen molar-refractivity contribution in [2.45, 2.75) is 84.7 Å². The zero-order valence-electron chi connectivity index (χ0n) is 18.2. The van der Waals surface area contributed by atoms with Crippen LogP contribution in [0.15, 0.2) is 18.2 Å². The van der Waals surface area contributed by atoms with E-state index < -0.39 is 0 Å².